The standard InChI is InChI=1S/C15H11I4NO4.Na/c16-13(15(17,14(22)23)20(18)19)9-1-5-11(6-2-9)24-12-7-3-10(21)4-8-12;/h1-8,13,21H,(H,22,23);/t13?,15-;/m0./s1. The number of phenolic OH excluding ortho intramolecular Hbond substituents is 1. The summed E-state index contributed by atoms with van der Waals surface area (Å²) in [6, 6.07) is 13.8. The fourth-order valence-electron chi connectivity index (χ4n) is 1.84. The molecule has 25 heavy (non-hydrogen) atoms. The Kier molecular flexibility index (Phi) is 10.6. The van der Waals surface area contributed by atoms with Gasteiger partial charge in [-0.3, -0.25) is 0 Å². The van der Waals surface area contributed by atoms with E-state index in [1.165, 1.54) is 0 Å². The van der Waals surface area contributed by atoms with Crippen LogP contribution < -0.4 is 4.74 Å². The second-order valence-electron chi connectivity index (χ2n) is 4.74. The van der Waals surface area contributed by atoms with Crippen molar-refractivity contribution in [1.82, 2.24) is 1.33 Å². The van der Waals surface area contributed by atoms with Gasteiger partial charge in [-0.05, 0) is 64.6 Å². The average molecular weight is 800 g/mol. The van der Waals surface area contributed by atoms with Crippen LogP contribution in [0.2, 0.25) is 0 Å². The Morgan fingerprint density at radius 2 is 1.48 bits per heavy atom. The number of hydrogen-bond donors (Lipinski definition) is 2. The number of alkyl halides is 2. The number of carboxylic acid groups (broad SMARTS) is 1. The van der Waals surface area contributed by atoms with Crippen molar-refractivity contribution in [3.8, 4) is 17.2 Å². The number of carboxylic acids is 1. The Hall–Kier alpha value is 1.39. The monoisotopic (exact) mass is 800 g/mol. The molecule has 1 radical (unpaired) electrons. The van der Waals surface area contributed by atoms with Crippen molar-refractivity contribution < 1.29 is 19.7 Å². The van der Waals surface area contributed by atoms with Gasteiger partial charge in [0.2, 0.25) is 3.55 Å². The predicted molar refractivity (Wildman–Crippen MR) is 131 cm³/mol. The first kappa shape index (κ1) is 24.4. The van der Waals surface area contributed by atoms with Crippen molar-refractivity contribution in [3.63, 3.8) is 0 Å². The maximum Gasteiger partial charge on any atom is 0.337 e. The van der Waals surface area contributed by atoms with Crippen LogP contribution in [0.1, 0.15) is 9.49 Å². The van der Waals surface area contributed by atoms with Crippen LogP contribution in [0.15, 0.2) is 48.5 Å². The fourth-order valence-corrected chi connectivity index (χ4v) is 5.20. The Morgan fingerprint density at radius 1 is 1.04 bits per heavy atom. The zero-order valence-corrected chi connectivity index (χ0v) is 23.5. The molecule has 10 heteroatoms. The van der Waals surface area contributed by atoms with E-state index in [1.54, 1.807) is 37.7 Å². The third-order valence-corrected chi connectivity index (χ3v) is 10.9. The number of halogens is 4. The minimum Gasteiger partial charge on any atom is -0.508 e. The molecule has 2 atom stereocenters. The normalized spacial score (nSPS) is 14.3. The van der Waals surface area contributed by atoms with Crippen LogP contribution in [0.5, 0.6) is 17.2 Å². The molecule has 2 rings (SSSR count). The molecule has 1 unspecified atom stereocenters. The maximum atomic E-state index is 11.7. The van der Waals surface area contributed by atoms with Gasteiger partial charge in [0.05, 0.1) is 3.92 Å². The van der Waals surface area contributed by atoms with E-state index >= 15 is 0 Å². The summed E-state index contributed by atoms with van der Waals surface area (Å²) >= 11 is 8.08. The maximum absolute atomic E-state index is 11.7. The van der Waals surface area contributed by atoms with E-state index in [2.05, 4.69) is 22.6 Å². The molecule has 0 saturated heterocycles. The van der Waals surface area contributed by atoms with E-state index in [4.69, 9.17) is 4.74 Å². The van der Waals surface area contributed by atoms with Gasteiger partial charge in [-0.15, -0.1) is 0 Å². The second kappa shape index (κ2) is 10.8. The number of phenols is 1. The van der Waals surface area contributed by atoms with Gasteiger partial charge in [0.15, 0.2) is 0 Å². The summed E-state index contributed by atoms with van der Waals surface area (Å²) in [7, 11) is 0. The molecule has 0 spiro atoms. The topological polar surface area (TPSA) is 70.0 Å². The molecule has 2 aromatic rings. The first-order valence-electron chi connectivity index (χ1n) is 6.50. The summed E-state index contributed by atoms with van der Waals surface area (Å²) in [5.41, 5.74) is 0.892. The van der Waals surface area contributed by atoms with Crippen LogP contribution in [0.25, 0.3) is 0 Å². The van der Waals surface area contributed by atoms with Gasteiger partial charge in [0.25, 0.3) is 0 Å². The summed E-state index contributed by atoms with van der Waals surface area (Å²) in [6.07, 6.45) is 0. The van der Waals surface area contributed by atoms with Crippen molar-refractivity contribution in [2.24, 2.45) is 0 Å². The van der Waals surface area contributed by atoms with Gasteiger partial charge in [-0.1, -0.05) is 34.7 Å². The molecule has 0 fully saturated rings. The molecule has 2 aromatic carbocycles. The van der Waals surface area contributed by atoms with Crippen molar-refractivity contribution >= 4 is 126 Å². The van der Waals surface area contributed by atoms with Crippen molar-refractivity contribution in [2.75, 3.05) is 0 Å². The van der Waals surface area contributed by atoms with E-state index < -0.39 is 9.51 Å². The van der Waals surface area contributed by atoms with E-state index in [0.717, 1.165) is 5.56 Å². The van der Waals surface area contributed by atoms with Gasteiger partial charge < -0.3 is 14.9 Å². The van der Waals surface area contributed by atoms with Crippen LogP contribution in [0, 0.1) is 0 Å². The molecule has 5 nitrogen and oxygen atoms in total. The molecule has 0 heterocycles. The molecule has 0 aliphatic carbocycles. The van der Waals surface area contributed by atoms with Crippen LogP contribution in [-0.4, -0.2) is 50.6 Å². The number of carbonyl (C=O) groups is 1. The summed E-state index contributed by atoms with van der Waals surface area (Å²) in [5.74, 6) is 0.546. The smallest absolute Gasteiger partial charge is 0.337 e. The number of aliphatic carboxylic acids is 1. The zero-order chi connectivity index (χ0) is 17.9. The van der Waals surface area contributed by atoms with Crippen molar-refractivity contribution in [1.29, 1.82) is 0 Å². The van der Waals surface area contributed by atoms with E-state index in [-0.39, 0.29) is 39.2 Å². The van der Waals surface area contributed by atoms with Crippen LogP contribution in [0.4, 0.5) is 0 Å². The van der Waals surface area contributed by atoms with Gasteiger partial charge in [-0.2, -0.15) is 1.33 Å². The van der Waals surface area contributed by atoms with Gasteiger partial charge in [-0.25, -0.2) is 4.79 Å². The Morgan fingerprint density at radius 3 is 1.88 bits per heavy atom. The summed E-state index contributed by atoms with van der Waals surface area (Å²) in [4.78, 5) is 11.7. The molecule has 0 aliphatic rings. The van der Waals surface area contributed by atoms with E-state index in [0.29, 0.717) is 11.5 Å². The number of nitrogens with zero attached hydrogens (tertiary/aromatic N) is 1. The molecule has 129 valence electrons. The molecular formula is C15H11I4NNaO4. The predicted octanol–water partition coefficient (Wildman–Crippen LogP) is 5.50. The second-order valence-corrected chi connectivity index (χ2v) is 11.4. The molecule has 2 N–H and O–H groups in total. The number of rotatable bonds is 6. The number of benzene rings is 2. The fraction of sp³-hybridized carbons (Fsp3) is 0.133. The number of aromatic hydroxyl groups is 1. The minimum absolute atomic E-state index is 0. The average Bonchev–Trinajstić information content (AvgIpc) is 2.55. The molecule has 0 aromatic heterocycles. The number of hydrogen-bond acceptors (Lipinski definition) is 4. The van der Waals surface area contributed by atoms with Crippen molar-refractivity contribution in [3.05, 3.63) is 54.1 Å². The quantitative estimate of drug-likeness (QED) is 0.133. The Balaban J connectivity index is 0.00000312. The Bertz CT molecular complexity index is 714. The van der Waals surface area contributed by atoms with E-state index in [9.17, 15) is 15.0 Å². The van der Waals surface area contributed by atoms with Crippen LogP contribution >= 0.6 is 90.9 Å². The summed E-state index contributed by atoms with van der Waals surface area (Å²) in [5, 5.41) is 18.9. The molecule has 0 amide bonds. The summed E-state index contributed by atoms with van der Waals surface area (Å²) in [6.45, 7) is 0. The zero-order valence-electron chi connectivity index (χ0n) is 12.9. The van der Waals surface area contributed by atoms with Crippen LogP contribution in [0.3, 0.4) is 0 Å². The largest absolute Gasteiger partial charge is 0.508 e. The SMILES string of the molecule is O=C(O)[C@](I)(C(I)c1ccc(Oc2ccc(O)cc2)cc1)N(I)I.[Na]. The Labute approximate surface area is 222 Å². The molecule has 0 bridgehead atoms. The molecular weight excluding hydrogens is 789 g/mol. The van der Waals surface area contributed by atoms with Crippen LogP contribution in [-0.2, 0) is 4.79 Å². The third-order valence-electron chi connectivity index (χ3n) is 3.13. The van der Waals surface area contributed by atoms with Gasteiger partial charge in [0, 0.05) is 75.3 Å². The molecule has 0 saturated carbocycles. The van der Waals surface area contributed by atoms with Gasteiger partial charge in [0.1, 0.15) is 17.2 Å². The van der Waals surface area contributed by atoms with E-state index in [1.807, 2.05) is 80.5 Å². The van der Waals surface area contributed by atoms with Gasteiger partial charge >= 0.3 is 5.97 Å². The molecule has 0 aliphatic heterocycles. The third kappa shape index (κ3) is 6.19. The first-order valence-corrected chi connectivity index (χ1v) is 10.8. The summed E-state index contributed by atoms with van der Waals surface area (Å²) < 4.78 is 6.02. The number of ether oxygens (including phenoxy) is 1. The minimum atomic E-state index is -1.07. The first-order chi connectivity index (χ1) is 11.2. The van der Waals surface area contributed by atoms with Crippen molar-refractivity contribution in [2.45, 2.75) is 7.47 Å².